The van der Waals surface area contributed by atoms with Gasteiger partial charge in [0.1, 0.15) is 0 Å². The van der Waals surface area contributed by atoms with Crippen LogP contribution in [0, 0.1) is 29.6 Å². The van der Waals surface area contributed by atoms with E-state index in [0.717, 1.165) is 29.6 Å². The van der Waals surface area contributed by atoms with Crippen molar-refractivity contribution in [3.05, 3.63) is 0 Å². The minimum atomic E-state index is 0.859. The highest BCUT2D eigenvalue weighted by atomic mass is 14.4. The fourth-order valence-electron chi connectivity index (χ4n) is 2.95. The summed E-state index contributed by atoms with van der Waals surface area (Å²) in [5, 5.41) is 0. The van der Waals surface area contributed by atoms with E-state index in [-0.39, 0.29) is 0 Å². The lowest BCUT2D eigenvalue weighted by molar-refractivity contribution is 0.190. The number of rotatable bonds is 2. The maximum Gasteiger partial charge on any atom is -0.0334 e. The molecule has 1 saturated carbocycles. The van der Waals surface area contributed by atoms with E-state index in [1.54, 1.807) is 0 Å². The molecule has 0 spiro atoms. The van der Waals surface area contributed by atoms with Gasteiger partial charge in [-0.05, 0) is 29.6 Å². The molecule has 0 amide bonds. The van der Waals surface area contributed by atoms with Crippen molar-refractivity contribution >= 4 is 0 Å². The lowest BCUT2D eigenvalue weighted by atomic mass is 9.76. The fraction of sp³-hybridized carbons (Fsp3) is 1.00. The molecule has 3 atom stereocenters. The van der Waals surface area contributed by atoms with Crippen LogP contribution >= 0.6 is 0 Å². The Morgan fingerprint density at radius 1 is 0.917 bits per heavy atom. The van der Waals surface area contributed by atoms with E-state index in [2.05, 4.69) is 34.6 Å². The van der Waals surface area contributed by atoms with E-state index in [1.165, 1.54) is 12.8 Å². The van der Waals surface area contributed by atoms with Gasteiger partial charge >= 0.3 is 0 Å². The van der Waals surface area contributed by atoms with Gasteiger partial charge in [-0.1, -0.05) is 47.5 Å². The maximum absolute atomic E-state index is 2.44. The van der Waals surface area contributed by atoms with Gasteiger partial charge in [-0.3, -0.25) is 0 Å². The maximum atomic E-state index is 2.44. The highest BCUT2D eigenvalue weighted by Gasteiger charge is 2.34. The topological polar surface area (TPSA) is 0 Å². The Kier molecular flexibility index (Phi) is 3.20. The number of hydrogen-bond acceptors (Lipinski definition) is 0. The van der Waals surface area contributed by atoms with Crippen LogP contribution < -0.4 is 0 Å². The monoisotopic (exact) mass is 168 g/mol. The van der Waals surface area contributed by atoms with E-state index in [9.17, 15) is 0 Å². The Labute approximate surface area is 77.7 Å². The first-order valence-electron chi connectivity index (χ1n) is 5.54. The summed E-state index contributed by atoms with van der Waals surface area (Å²) in [7, 11) is 0. The van der Waals surface area contributed by atoms with Gasteiger partial charge in [0.2, 0.25) is 0 Å². The molecule has 0 bridgehead atoms. The second-order valence-corrected chi connectivity index (χ2v) is 5.21. The summed E-state index contributed by atoms with van der Waals surface area (Å²) >= 11 is 0. The Hall–Kier alpha value is 0. The van der Waals surface area contributed by atoms with Crippen molar-refractivity contribution in [2.75, 3.05) is 0 Å². The normalized spacial score (nSPS) is 39.0. The highest BCUT2D eigenvalue weighted by molar-refractivity contribution is 4.84. The second kappa shape index (κ2) is 3.81. The molecule has 0 heterocycles. The summed E-state index contributed by atoms with van der Waals surface area (Å²) in [6, 6.07) is 0. The zero-order chi connectivity index (χ0) is 9.30. The molecule has 0 heteroatoms. The lowest BCUT2D eigenvalue weighted by Crippen LogP contribution is -2.23. The van der Waals surface area contributed by atoms with Crippen LogP contribution in [0.25, 0.3) is 0 Å². The quantitative estimate of drug-likeness (QED) is 0.585. The van der Waals surface area contributed by atoms with Gasteiger partial charge in [0, 0.05) is 0 Å². The van der Waals surface area contributed by atoms with Crippen LogP contribution in [0.3, 0.4) is 0 Å². The van der Waals surface area contributed by atoms with E-state index in [1.807, 2.05) is 0 Å². The third kappa shape index (κ3) is 1.84. The van der Waals surface area contributed by atoms with Gasteiger partial charge in [-0.2, -0.15) is 0 Å². The zero-order valence-corrected chi connectivity index (χ0v) is 9.30. The molecule has 0 aliphatic heterocycles. The van der Waals surface area contributed by atoms with Crippen LogP contribution in [-0.4, -0.2) is 0 Å². The first-order chi connectivity index (χ1) is 5.54. The third-order valence-electron chi connectivity index (χ3n) is 4.05. The van der Waals surface area contributed by atoms with Crippen molar-refractivity contribution in [3.63, 3.8) is 0 Å². The molecule has 3 unspecified atom stereocenters. The summed E-state index contributed by atoms with van der Waals surface area (Å²) in [5.41, 5.74) is 0. The molecule has 1 aliphatic carbocycles. The highest BCUT2D eigenvalue weighted by Crippen LogP contribution is 2.43. The minimum absolute atomic E-state index is 0.859. The van der Waals surface area contributed by atoms with Crippen molar-refractivity contribution in [2.45, 2.75) is 47.5 Å². The molecular formula is C12H24. The fourth-order valence-corrected chi connectivity index (χ4v) is 2.95. The lowest BCUT2D eigenvalue weighted by Gasteiger charge is -2.30. The van der Waals surface area contributed by atoms with Crippen molar-refractivity contribution in [2.24, 2.45) is 29.6 Å². The van der Waals surface area contributed by atoms with Gasteiger partial charge in [-0.15, -0.1) is 0 Å². The predicted molar refractivity (Wildman–Crippen MR) is 55.1 cm³/mol. The molecule has 0 nitrogen and oxygen atoms in total. The summed E-state index contributed by atoms with van der Waals surface area (Å²) in [6.45, 7) is 12.0. The molecule has 0 radical (unpaired) electrons. The molecule has 0 N–H and O–H groups in total. The molecule has 1 rings (SSSR count). The largest absolute Gasteiger partial charge is 0.0625 e. The van der Waals surface area contributed by atoms with Crippen molar-refractivity contribution in [1.29, 1.82) is 0 Å². The van der Waals surface area contributed by atoms with Gasteiger partial charge in [0.25, 0.3) is 0 Å². The second-order valence-electron chi connectivity index (χ2n) is 5.21. The Morgan fingerprint density at radius 2 is 1.33 bits per heavy atom. The van der Waals surface area contributed by atoms with Crippen molar-refractivity contribution in [1.82, 2.24) is 0 Å². The summed E-state index contributed by atoms with van der Waals surface area (Å²) < 4.78 is 0. The number of hydrogen-bond donors (Lipinski definition) is 0. The van der Waals surface area contributed by atoms with Gasteiger partial charge in [0.15, 0.2) is 0 Å². The predicted octanol–water partition coefficient (Wildman–Crippen LogP) is 3.96. The molecule has 0 aromatic carbocycles. The van der Waals surface area contributed by atoms with Crippen LogP contribution in [-0.2, 0) is 0 Å². The molecular weight excluding hydrogens is 144 g/mol. The van der Waals surface area contributed by atoms with E-state index in [0.29, 0.717) is 0 Å². The van der Waals surface area contributed by atoms with E-state index in [4.69, 9.17) is 0 Å². The Morgan fingerprint density at radius 3 is 1.67 bits per heavy atom. The molecule has 1 fully saturated rings. The average molecular weight is 168 g/mol. The van der Waals surface area contributed by atoms with Crippen LogP contribution in [0.5, 0.6) is 0 Å². The molecule has 1 aliphatic rings. The minimum Gasteiger partial charge on any atom is -0.0625 e. The molecule has 72 valence electrons. The van der Waals surface area contributed by atoms with Crippen LogP contribution in [0.2, 0.25) is 0 Å². The van der Waals surface area contributed by atoms with Gasteiger partial charge in [0.05, 0.1) is 0 Å². The van der Waals surface area contributed by atoms with E-state index >= 15 is 0 Å². The van der Waals surface area contributed by atoms with Crippen LogP contribution in [0.1, 0.15) is 47.5 Å². The summed E-state index contributed by atoms with van der Waals surface area (Å²) in [6.07, 6.45) is 2.92. The summed E-state index contributed by atoms with van der Waals surface area (Å²) in [5.74, 6) is 4.70. The van der Waals surface area contributed by atoms with Crippen LogP contribution in [0.15, 0.2) is 0 Å². The molecule has 0 saturated heterocycles. The molecule has 0 aromatic rings. The SMILES string of the molecule is CC(C)C(C)C1C(C)CCC1C. The van der Waals surface area contributed by atoms with Gasteiger partial charge in [-0.25, -0.2) is 0 Å². The summed E-state index contributed by atoms with van der Waals surface area (Å²) in [4.78, 5) is 0. The Bertz CT molecular complexity index is 127. The zero-order valence-electron chi connectivity index (χ0n) is 9.30. The first kappa shape index (κ1) is 10.1. The third-order valence-corrected chi connectivity index (χ3v) is 4.05. The van der Waals surface area contributed by atoms with Crippen LogP contribution in [0.4, 0.5) is 0 Å². The average Bonchev–Trinajstić information content (AvgIpc) is 2.30. The molecule has 12 heavy (non-hydrogen) atoms. The smallest absolute Gasteiger partial charge is 0.0334 e. The first-order valence-corrected chi connectivity index (χ1v) is 5.54. The standard InChI is InChI=1S/C12H24/c1-8(2)11(5)12-9(3)6-7-10(12)4/h8-12H,6-7H2,1-5H3. The molecule has 0 aromatic heterocycles. The Balaban J connectivity index is 2.59. The van der Waals surface area contributed by atoms with Crippen molar-refractivity contribution < 1.29 is 0 Å². The van der Waals surface area contributed by atoms with Gasteiger partial charge < -0.3 is 0 Å². The van der Waals surface area contributed by atoms with E-state index < -0.39 is 0 Å². The van der Waals surface area contributed by atoms with Crippen molar-refractivity contribution in [3.8, 4) is 0 Å².